The molecule has 1 saturated heterocycles. The molecule has 0 bridgehead atoms. The van der Waals surface area contributed by atoms with Crippen LogP contribution >= 0.6 is 11.3 Å². The molecular formula is C20H27N3O2S. The van der Waals surface area contributed by atoms with Gasteiger partial charge in [0.2, 0.25) is 5.91 Å². The van der Waals surface area contributed by atoms with Gasteiger partial charge in [-0.25, -0.2) is 4.98 Å². The Labute approximate surface area is 159 Å². The summed E-state index contributed by atoms with van der Waals surface area (Å²) in [5.74, 6) is 0.210. The van der Waals surface area contributed by atoms with Gasteiger partial charge in [0.15, 0.2) is 0 Å². The van der Waals surface area contributed by atoms with E-state index in [1.165, 1.54) is 0 Å². The van der Waals surface area contributed by atoms with Gasteiger partial charge in [-0.1, -0.05) is 30.3 Å². The van der Waals surface area contributed by atoms with Crippen LogP contribution in [0.4, 0.5) is 0 Å². The lowest BCUT2D eigenvalue weighted by Crippen LogP contribution is -2.43. The second-order valence-electron chi connectivity index (χ2n) is 6.55. The van der Waals surface area contributed by atoms with Crippen LogP contribution in [0.2, 0.25) is 0 Å². The SMILES string of the molecule is CCOCCN1CCC[C@H](C(=O)NCc2nc(-c3ccccc3)cs2)C1. The highest BCUT2D eigenvalue weighted by molar-refractivity contribution is 7.09. The summed E-state index contributed by atoms with van der Waals surface area (Å²) in [5, 5.41) is 6.07. The van der Waals surface area contributed by atoms with E-state index in [1.54, 1.807) is 11.3 Å². The zero-order valence-corrected chi connectivity index (χ0v) is 16.1. The first-order valence-corrected chi connectivity index (χ1v) is 10.2. The van der Waals surface area contributed by atoms with Crippen molar-refractivity contribution in [2.75, 3.05) is 32.8 Å². The Bertz CT molecular complexity index is 689. The summed E-state index contributed by atoms with van der Waals surface area (Å²) in [5.41, 5.74) is 2.08. The standard InChI is InChI=1S/C20H27N3O2S/c1-2-25-12-11-23-10-6-9-17(14-23)20(24)21-13-19-22-18(15-26-19)16-7-4-3-5-8-16/h3-5,7-8,15,17H,2,6,9-14H2,1H3,(H,21,24)/t17-/m0/s1. The summed E-state index contributed by atoms with van der Waals surface area (Å²) >= 11 is 1.59. The van der Waals surface area contributed by atoms with Crippen molar-refractivity contribution in [2.24, 2.45) is 5.92 Å². The molecular weight excluding hydrogens is 346 g/mol. The third kappa shape index (κ3) is 5.37. The van der Waals surface area contributed by atoms with Crippen molar-refractivity contribution >= 4 is 17.2 Å². The molecule has 26 heavy (non-hydrogen) atoms. The predicted octanol–water partition coefficient (Wildman–Crippen LogP) is 3.17. The number of nitrogens with one attached hydrogen (secondary N) is 1. The topological polar surface area (TPSA) is 54.5 Å². The normalized spacial score (nSPS) is 18.0. The van der Waals surface area contributed by atoms with Crippen LogP contribution < -0.4 is 5.32 Å². The summed E-state index contributed by atoms with van der Waals surface area (Å²) in [4.78, 5) is 19.5. The Kier molecular flexibility index (Phi) is 7.17. The Morgan fingerprint density at radius 3 is 3.04 bits per heavy atom. The number of thiazole rings is 1. The fraction of sp³-hybridized carbons (Fsp3) is 0.500. The predicted molar refractivity (Wildman–Crippen MR) is 105 cm³/mol. The number of hydrogen-bond acceptors (Lipinski definition) is 5. The van der Waals surface area contributed by atoms with E-state index >= 15 is 0 Å². The number of benzene rings is 1. The highest BCUT2D eigenvalue weighted by Crippen LogP contribution is 2.22. The van der Waals surface area contributed by atoms with E-state index in [-0.39, 0.29) is 11.8 Å². The Hall–Kier alpha value is -1.76. The average molecular weight is 374 g/mol. The molecule has 0 spiro atoms. The van der Waals surface area contributed by atoms with Crippen molar-refractivity contribution in [3.8, 4) is 11.3 Å². The maximum absolute atomic E-state index is 12.5. The molecule has 1 atom stereocenters. The van der Waals surface area contributed by atoms with Crippen molar-refractivity contribution in [1.82, 2.24) is 15.2 Å². The van der Waals surface area contributed by atoms with Gasteiger partial charge < -0.3 is 15.0 Å². The molecule has 2 aromatic rings. The molecule has 0 aliphatic carbocycles. The smallest absolute Gasteiger partial charge is 0.224 e. The van der Waals surface area contributed by atoms with Gasteiger partial charge in [0.25, 0.3) is 0 Å². The summed E-state index contributed by atoms with van der Waals surface area (Å²) in [6.45, 7) is 6.79. The molecule has 0 radical (unpaired) electrons. The average Bonchev–Trinajstić information content (AvgIpc) is 3.16. The van der Waals surface area contributed by atoms with Crippen molar-refractivity contribution in [3.63, 3.8) is 0 Å². The third-order valence-electron chi connectivity index (χ3n) is 4.67. The Balaban J connectivity index is 1.47. The maximum Gasteiger partial charge on any atom is 0.224 e. The summed E-state index contributed by atoms with van der Waals surface area (Å²) in [6, 6.07) is 10.1. The van der Waals surface area contributed by atoms with Gasteiger partial charge in [-0.15, -0.1) is 11.3 Å². The maximum atomic E-state index is 12.5. The lowest BCUT2D eigenvalue weighted by atomic mass is 9.97. The monoisotopic (exact) mass is 373 g/mol. The molecule has 1 fully saturated rings. The molecule has 1 N–H and O–H groups in total. The number of rotatable bonds is 8. The number of ether oxygens (including phenoxy) is 1. The van der Waals surface area contributed by atoms with E-state index in [0.717, 1.165) is 62.0 Å². The molecule has 1 amide bonds. The number of nitrogens with zero attached hydrogens (tertiary/aromatic N) is 2. The Morgan fingerprint density at radius 2 is 2.23 bits per heavy atom. The molecule has 0 unspecified atom stereocenters. The highest BCUT2D eigenvalue weighted by Gasteiger charge is 2.25. The zero-order chi connectivity index (χ0) is 18.2. The molecule has 1 aliphatic rings. The first-order valence-electron chi connectivity index (χ1n) is 9.34. The summed E-state index contributed by atoms with van der Waals surface area (Å²) < 4.78 is 5.43. The van der Waals surface area contributed by atoms with Crippen LogP contribution in [0.15, 0.2) is 35.7 Å². The van der Waals surface area contributed by atoms with E-state index in [9.17, 15) is 4.79 Å². The first kappa shape index (κ1) is 19.0. The van der Waals surface area contributed by atoms with Crippen LogP contribution in [-0.2, 0) is 16.1 Å². The van der Waals surface area contributed by atoms with Crippen LogP contribution in [0.5, 0.6) is 0 Å². The molecule has 3 rings (SSSR count). The molecule has 5 nitrogen and oxygen atoms in total. The van der Waals surface area contributed by atoms with E-state index in [1.807, 2.05) is 30.5 Å². The highest BCUT2D eigenvalue weighted by atomic mass is 32.1. The second kappa shape index (κ2) is 9.80. The van der Waals surface area contributed by atoms with E-state index in [4.69, 9.17) is 4.74 Å². The number of likely N-dealkylation sites (tertiary alicyclic amines) is 1. The van der Waals surface area contributed by atoms with Crippen molar-refractivity contribution in [2.45, 2.75) is 26.3 Å². The third-order valence-corrected chi connectivity index (χ3v) is 5.52. The van der Waals surface area contributed by atoms with Crippen molar-refractivity contribution in [1.29, 1.82) is 0 Å². The first-order chi connectivity index (χ1) is 12.8. The molecule has 0 saturated carbocycles. The summed E-state index contributed by atoms with van der Waals surface area (Å²) in [7, 11) is 0. The fourth-order valence-corrected chi connectivity index (χ4v) is 3.99. The number of carbonyl (C=O) groups is 1. The molecule has 1 aromatic carbocycles. The van der Waals surface area contributed by atoms with Crippen LogP contribution in [0, 0.1) is 5.92 Å². The number of amides is 1. The van der Waals surface area contributed by atoms with E-state index in [0.29, 0.717) is 6.54 Å². The minimum atomic E-state index is 0.0685. The van der Waals surface area contributed by atoms with E-state index < -0.39 is 0 Å². The van der Waals surface area contributed by atoms with Crippen molar-refractivity contribution < 1.29 is 9.53 Å². The lowest BCUT2D eigenvalue weighted by Gasteiger charge is -2.31. The molecule has 2 heterocycles. The van der Waals surface area contributed by atoms with Crippen LogP contribution in [0.3, 0.4) is 0 Å². The van der Waals surface area contributed by atoms with Crippen LogP contribution in [0.1, 0.15) is 24.8 Å². The summed E-state index contributed by atoms with van der Waals surface area (Å²) in [6.07, 6.45) is 2.03. The molecule has 1 aliphatic heterocycles. The number of piperidine rings is 1. The van der Waals surface area contributed by atoms with E-state index in [2.05, 4.69) is 27.3 Å². The quantitative estimate of drug-likeness (QED) is 0.722. The lowest BCUT2D eigenvalue weighted by molar-refractivity contribution is -0.127. The van der Waals surface area contributed by atoms with Gasteiger partial charge in [0.05, 0.1) is 24.8 Å². The van der Waals surface area contributed by atoms with Gasteiger partial charge >= 0.3 is 0 Å². The van der Waals surface area contributed by atoms with Crippen molar-refractivity contribution in [3.05, 3.63) is 40.7 Å². The van der Waals surface area contributed by atoms with Gasteiger partial charge in [-0.3, -0.25) is 4.79 Å². The Morgan fingerprint density at radius 1 is 1.38 bits per heavy atom. The van der Waals surface area contributed by atoms with Crippen LogP contribution in [0.25, 0.3) is 11.3 Å². The molecule has 140 valence electrons. The molecule has 6 heteroatoms. The fourth-order valence-electron chi connectivity index (χ4n) is 3.25. The van der Waals surface area contributed by atoms with Gasteiger partial charge in [0.1, 0.15) is 5.01 Å². The second-order valence-corrected chi connectivity index (χ2v) is 7.49. The zero-order valence-electron chi connectivity index (χ0n) is 15.3. The van der Waals surface area contributed by atoms with Gasteiger partial charge in [0, 0.05) is 30.6 Å². The number of hydrogen-bond donors (Lipinski definition) is 1. The van der Waals surface area contributed by atoms with Gasteiger partial charge in [-0.05, 0) is 26.3 Å². The van der Waals surface area contributed by atoms with Gasteiger partial charge in [-0.2, -0.15) is 0 Å². The number of carbonyl (C=O) groups excluding carboxylic acids is 1. The minimum absolute atomic E-state index is 0.0685. The minimum Gasteiger partial charge on any atom is -0.380 e. The van der Waals surface area contributed by atoms with Crippen LogP contribution in [-0.4, -0.2) is 48.6 Å². The number of aromatic nitrogens is 1. The molecule has 1 aromatic heterocycles. The largest absolute Gasteiger partial charge is 0.380 e.